The molecule has 1 atom stereocenters. The Labute approximate surface area is 250 Å². The third kappa shape index (κ3) is 11.5. The molecule has 0 saturated carbocycles. The molecule has 0 heterocycles. The monoisotopic (exact) mass is 604 g/mol. The van der Waals surface area contributed by atoms with Gasteiger partial charge in [0, 0.05) is 24.7 Å². The summed E-state index contributed by atoms with van der Waals surface area (Å²) in [7, 11) is 1.28. The van der Waals surface area contributed by atoms with Crippen LogP contribution in [-0.4, -0.2) is 59.7 Å². The minimum Gasteiger partial charge on any atom is -0.465 e. The lowest BCUT2D eigenvalue weighted by molar-refractivity contribution is -0.158. The Kier molecular flexibility index (Phi) is 12.1. The minimum absolute atomic E-state index is 0.000336. The van der Waals surface area contributed by atoms with Crippen molar-refractivity contribution in [2.75, 3.05) is 13.7 Å². The Balaban J connectivity index is 2.34. The van der Waals surface area contributed by atoms with Crippen molar-refractivity contribution in [2.24, 2.45) is 0 Å². The number of nitrogens with one attached hydrogen (secondary N) is 1. The number of ether oxygens (including phenoxy) is 3. The first-order valence-electron chi connectivity index (χ1n) is 13.3. The van der Waals surface area contributed by atoms with Gasteiger partial charge in [0.25, 0.3) is 0 Å². The third-order valence-electron chi connectivity index (χ3n) is 5.52. The summed E-state index contributed by atoms with van der Waals surface area (Å²) in [5, 5.41) is 2.46. The Bertz CT molecular complexity index is 1300. The molecule has 1 N–H and O–H groups in total. The van der Waals surface area contributed by atoms with Crippen LogP contribution in [0, 0.1) is 5.82 Å². The van der Waals surface area contributed by atoms with Crippen molar-refractivity contribution >= 4 is 41.6 Å². The van der Waals surface area contributed by atoms with Crippen LogP contribution >= 0.6 is 11.6 Å². The molecule has 0 bridgehead atoms. The lowest BCUT2D eigenvalue weighted by atomic mass is 10.1. The zero-order valence-electron chi connectivity index (χ0n) is 25.0. The van der Waals surface area contributed by atoms with Crippen molar-refractivity contribution in [2.45, 2.75) is 71.8 Å². The number of benzene rings is 2. The first-order valence-corrected chi connectivity index (χ1v) is 13.7. The van der Waals surface area contributed by atoms with Crippen molar-refractivity contribution < 1.29 is 37.8 Å². The molecule has 0 spiro atoms. The molecule has 9 nitrogen and oxygen atoms in total. The highest BCUT2D eigenvalue weighted by Crippen LogP contribution is 2.20. The van der Waals surface area contributed by atoms with Gasteiger partial charge in [-0.05, 0) is 77.8 Å². The Hall–Kier alpha value is -3.92. The van der Waals surface area contributed by atoms with Gasteiger partial charge in [0.2, 0.25) is 5.91 Å². The number of rotatable bonds is 10. The van der Waals surface area contributed by atoms with Crippen LogP contribution in [0.2, 0.25) is 5.02 Å². The lowest BCUT2D eigenvalue weighted by Crippen LogP contribution is -2.47. The third-order valence-corrected chi connectivity index (χ3v) is 5.81. The lowest BCUT2D eigenvalue weighted by Gasteiger charge is -2.28. The molecule has 0 saturated heterocycles. The van der Waals surface area contributed by atoms with E-state index in [4.69, 9.17) is 25.8 Å². The molecule has 0 aliphatic carbocycles. The molecule has 2 rings (SSSR count). The SMILES string of the molecule is COC(=O)c1ccc(CN(CCC(NC(=O)OC(C)(C)C)C(=O)OC(C)(C)C)C(=O)/C=C/c2cccc(Cl)c2F)cc1. The van der Waals surface area contributed by atoms with Gasteiger partial charge in [-0.1, -0.05) is 35.9 Å². The van der Waals surface area contributed by atoms with E-state index in [1.807, 2.05) is 0 Å². The number of nitrogens with zero attached hydrogens (tertiary/aromatic N) is 1. The van der Waals surface area contributed by atoms with Crippen molar-refractivity contribution in [3.8, 4) is 0 Å². The second kappa shape index (κ2) is 14.8. The number of halogens is 2. The standard InChI is InChI=1S/C31H38ClFN2O7/c1-30(2,3)41-28(38)24(34-29(39)42-31(4,5)6)17-18-35(19-20-11-13-22(14-12-20)27(37)40-7)25(36)16-15-21-9-8-10-23(32)26(21)33/h8-16,24H,17-19H2,1-7H3,(H,34,39)/b16-15+. The highest BCUT2D eigenvalue weighted by Gasteiger charge is 2.29. The molecule has 228 valence electrons. The van der Waals surface area contributed by atoms with Crippen molar-refractivity contribution in [1.82, 2.24) is 10.2 Å². The van der Waals surface area contributed by atoms with Gasteiger partial charge < -0.3 is 24.4 Å². The molecule has 2 aromatic rings. The number of amides is 2. The number of methoxy groups -OCH3 is 1. The van der Waals surface area contributed by atoms with E-state index in [1.165, 1.54) is 36.3 Å². The average Bonchev–Trinajstić information content (AvgIpc) is 2.88. The van der Waals surface area contributed by atoms with Gasteiger partial charge in [-0.15, -0.1) is 0 Å². The molecule has 0 aliphatic rings. The van der Waals surface area contributed by atoms with Gasteiger partial charge >= 0.3 is 18.0 Å². The van der Waals surface area contributed by atoms with Crippen LogP contribution in [0.25, 0.3) is 6.08 Å². The number of carbonyl (C=O) groups is 4. The number of carbonyl (C=O) groups excluding carboxylic acids is 4. The van der Waals surface area contributed by atoms with E-state index < -0.39 is 47.0 Å². The summed E-state index contributed by atoms with van der Waals surface area (Å²) < 4.78 is 29.9. The van der Waals surface area contributed by atoms with E-state index in [0.717, 1.165) is 0 Å². The molecule has 11 heteroatoms. The van der Waals surface area contributed by atoms with Gasteiger partial charge in [-0.2, -0.15) is 0 Å². The molecule has 2 amide bonds. The first-order chi connectivity index (χ1) is 19.5. The molecule has 0 aromatic heterocycles. The Morgan fingerprint density at radius 1 is 0.976 bits per heavy atom. The zero-order valence-corrected chi connectivity index (χ0v) is 25.7. The summed E-state index contributed by atoms with van der Waals surface area (Å²) in [6.45, 7) is 10.2. The minimum atomic E-state index is -1.13. The van der Waals surface area contributed by atoms with Crippen molar-refractivity contribution in [3.05, 3.63) is 76.1 Å². The van der Waals surface area contributed by atoms with Crippen LogP contribution < -0.4 is 5.32 Å². The van der Waals surface area contributed by atoms with E-state index >= 15 is 0 Å². The topological polar surface area (TPSA) is 111 Å². The summed E-state index contributed by atoms with van der Waals surface area (Å²) >= 11 is 5.86. The van der Waals surface area contributed by atoms with E-state index in [2.05, 4.69) is 5.32 Å². The number of hydrogen-bond acceptors (Lipinski definition) is 7. The summed E-state index contributed by atoms with van der Waals surface area (Å²) in [6.07, 6.45) is 1.67. The smallest absolute Gasteiger partial charge is 0.408 e. The molecular formula is C31H38ClFN2O7. The van der Waals surface area contributed by atoms with E-state index in [0.29, 0.717) is 11.1 Å². The number of alkyl carbamates (subject to hydrolysis) is 1. The summed E-state index contributed by atoms with van der Waals surface area (Å²) in [5.41, 5.74) is -0.502. The van der Waals surface area contributed by atoms with Crippen molar-refractivity contribution in [3.63, 3.8) is 0 Å². The maximum absolute atomic E-state index is 14.4. The maximum Gasteiger partial charge on any atom is 0.408 e. The fourth-order valence-corrected chi connectivity index (χ4v) is 3.81. The van der Waals surface area contributed by atoms with Crippen LogP contribution in [0.1, 0.15) is 69.4 Å². The molecule has 0 fully saturated rings. The summed E-state index contributed by atoms with van der Waals surface area (Å²) in [6, 6.07) is 9.76. The van der Waals surface area contributed by atoms with Gasteiger partial charge in [-0.25, -0.2) is 18.8 Å². The second-order valence-electron chi connectivity index (χ2n) is 11.4. The summed E-state index contributed by atoms with van der Waals surface area (Å²) in [4.78, 5) is 52.1. The van der Waals surface area contributed by atoms with E-state index in [9.17, 15) is 23.6 Å². The van der Waals surface area contributed by atoms with Gasteiger partial charge in [0.1, 0.15) is 23.1 Å². The van der Waals surface area contributed by atoms with Gasteiger partial charge in [0.05, 0.1) is 17.7 Å². The molecule has 42 heavy (non-hydrogen) atoms. The fourth-order valence-electron chi connectivity index (χ4n) is 3.62. The van der Waals surface area contributed by atoms with E-state index in [1.54, 1.807) is 71.9 Å². The van der Waals surface area contributed by atoms with Crippen LogP contribution in [-0.2, 0) is 30.3 Å². The Morgan fingerprint density at radius 3 is 2.17 bits per heavy atom. The van der Waals surface area contributed by atoms with Crippen LogP contribution in [0.15, 0.2) is 48.5 Å². The molecule has 0 radical (unpaired) electrons. The summed E-state index contributed by atoms with van der Waals surface area (Å²) in [5.74, 6) is -2.36. The molecular weight excluding hydrogens is 567 g/mol. The van der Waals surface area contributed by atoms with Crippen LogP contribution in [0.5, 0.6) is 0 Å². The predicted molar refractivity (Wildman–Crippen MR) is 157 cm³/mol. The maximum atomic E-state index is 14.4. The average molecular weight is 605 g/mol. The second-order valence-corrected chi connectivity index (χ2v) is 11.9. The van der Waals surface area contributed by atoms with Crippen LogP contribution in [0.3, 0.4) is 0 Å². The highest BCUT2D eigenvalue weighted by atomic mass is 35.5. The molecule has 2 aromatic carbocycles. The first kappa shape index (κ1) is 34.3. The Morgan fingerprint density at radius 2 is 1.60 bits per heavy atom. The molecule has 0 aliphatic heterocycles. The van der Waals surface area contributed by atoms with Gasteiger partial charge in [-0.3, -0.25) is 4.79 Å². The predicted octanol–water partition coefficient (Wildman–Crippen LogP) is 5.93. The van der Waals surface area contributed by atoms with Crippen molar-refractivity contribution in [1.29, 1.82) is 0 Å². The van der Waals surface area contributed by atoms with E-state index in [-0.39, 0.29) is 30.1 Å². The molecule has 1 unspecified atom stereocenters. The zero-order chi connectivity index (χ0) is 31.7. The fraction of sp³-hybridized carbons (Fsp3) is 0.419. The normalized spacial score (nSPS) is 12.4. The highest BCUT2D eigenvalue weighted by molar-refractivity contribution is 6.30. The van der Waals surface area contributed by atoms with Gasteiger partial charge in [0.15, 0.2) is 0 Å². The number of hydrogen-bond donors (Lipinski definition) is 1. The number of esters is 2. The quantitative estimate of drug-likeness (QED) is 0.203. The largest absolute Gasteiger partial charge is 0.465 e. The van der Waals surface area contributed by atoms with Crippen LogP contribution in [0.4, 0.5) is 9.18 Å².